The number of halogens is 2. The number of nitrogens with one attached hydrogen (secondary N) is 1. The standard InChI is InChI=1S/C24H25BrClN3O3/c1-14-3-7-18(11-15(14)2)27-22(30)13-28-21-10-4-16(25)12-20(21)23(31)29(24(28)32)19-8-5-17(26)6-9-19/h3,5-9,11,16,20-21H,4,10,12-13H2,1-2H3,(H,27,30). The van der Waals surface area contributed by atoms with Crippen LogP contribution in [0.5, 0.6) is 0 Å². The summed E-state index contributed by atoms with van der Waals surface area (Å²) in [6.07, 6.45) is 2.14. The van der Waals surface area contributed by atoms with Crippen molar-refractivity contribution in [3.05, 3.63) is 58.6 Å². The van der Waals surface area contributed by atoms with Crippen LogP contribution in [0.1, 0.15) is 30.4 Å². The molecule has 1 heterocycles. The quantitative estimate of drug-likeness (QED) is 0.559. The first-order chi connectivity index (χ1) is 15.2. The second kappa shape index (κ2) is 9.24. The molecule has 2 aliphatic rings. The fourth-order valence-electron chi connectivity index (χ4n) is 4.46. The summed E-state index contributed by atoms with van der Waals surface area (Å²) in [6, 6.07) is 11.5. The molecule has 8 heteroatoms. The van der Waals surface area contributed by atoms with Gasteiger partial charge in [-0.2, -0.15) is 0 Å². The molecule has 6 nitrogen and oxygen atoms in total. The van der Waals surface area contributed by atoms with Crippen molar-refractivity contribution >= 4 is 56.8 Å². The zero-order valence-corrected chi connectivity index (χ0v) is 20.3. The average Bonchev–Trinajstić information content (AvgIpc) is 2.75. The summed E-state index contributed by atoms with van der Waals surface area (Å²) in [5.41, 5.74) is 3.36. The average molecular weight is 519 g/mol. The molecule has 3 unspecified atom stereocenters. The first kappa shape index (κ1) is 22.8. The van der Waals surface area contributed by atoms with Gasteiger partial charge in [0.25, 0.3) is 0 Å². The van der Waals surface area contributed by atoms with E-state index >= 15 is 0 Å². The van der Waals surface area contributed by atoms with Crippen molar-refractivity contribution in [2.24, 2.45) is 5.92 Å². The van der Waals surface area contributed by atoms with E-state index in [1.807, 2.05) is 32.0 Å². The Balaban J connectivity index is 1.60. The lowest BCUT2D eigenvalue weighted by Crippen LogP contribution is -2.64. The number of alkyl halides is 1. The number of carbonyl (C=O) groups excluding carboxylic acids is 3. The number of benzene rings is 2. The van der Waals surface area contributed by atoms with Crippen LogP contribution in [0, 0.1) is 19.8 Å². The maximum atomic E-state index is 13.5. The highest BCUT2D eigenvalue weighted by atomic mass is 79.9. The molecule has 1 aliphatic heterocycles. The van der Waals surface area contributed by atoms with Crippen molar-refractivity contribution < 1.29 is 14.4 Å². The minimum Gasteiger partial charge on any atom is -0.325 e. The van der Waals surface area contributed by atoms with Crippen LogP contribution in [0.3, 0.4) is 0 Å². The second-order valence-corrected chi connectivity index (χ2v) is 10.2. The van der Waals surface area contributed by atoms with Gasteiger partial charge in [-0.1, -0.05) is 33.6 Å². The normalized spacial score (nSPS) is 23.2. The number of hydrogen-bond acceptors (Lipinski definition) is 3. The number of rotatable bonds is 4. The van der Waals surface area contributed by atoms with Gasteiger partial charge in [-0.15, -0.1) is 0 Å². The van der Waals surface area contributed by atoms with Gasteiger partial charge < -0.3 is 10.2 Å². The van der Waals surface area contributed by atoms with Gasteiger partial charge in [0, 0.05) is 21.6 Å². The number of imide groups is 1. The summed E-state index contributed by atoms with van der Waals surface area (Å²) in [5, 5.41) is 3.41. The van der Waals surface area contributed by atoms with Gasteiger partial charge in [0.15, 0.2) is 0 Å². The van der Waals surface area contributed by atoms with E-state index in [1.165, 1.54) is 4.90 Å². The highest BCUT2D eigenvalue weighted by Gasteiger charge is 2.49. The maximum absolute atomic E-state index is 13.5. The predicted molar refractivity (Wildman–Crippen MR) is 129 cm³/mol. The molecule has 2 aromatic rings. The highest BCUT2D eigenvalue weighted by molar-refractivity contribution is 9.09. The third kappa shape index (κ3) is 4.55. The van der Waals surface area contributed by atoms with Crippen molar-refractivity contribution in [3.8, 4) is 0 Å². The van der Waals surface area contributed by atoms with Crippen LogP contribution in [0.25, 0.3) is 0 Å². The molecule has 2 fully saturated rings. The van der Waals surface area contributed by atoms with Crippen LogP contribution in [0.15, 0.2) is 42.5 Å². The Morgan fingerprint density at radius 2 is 1.81 bits per heavy atom. The molecule has 1 aliphatic carbocycles. The van der Waals surface area contributed by atoms with Crippen molar-refractivity contribution in [2.75, 3.05) is 16.8 Å². The molecule has 0 bridgehead atoms. The van der Waals surface area contributed by atoms with Crippen LogP contribution in [-0.2, 0) is 9.59 Å². The molecule has 1 saturated heterocycles. The number of aryl methyl sites for hydroxylation is 2. The summed E-state index contributed by atoms with van der Waals surface area (Å²) in [4.78, 5) is 42.6. The second-order valence-electron chi connectivity index (χ2n) is 8.49. The van der Waals surface area contributed by atoms with Crippen molar-refractivity contribution in [1.82, 2.24) is 4.90 Å². The highest BCUT2D eigenvalue weighted by Crippen LogP contribution is 2.38. The lowest BCUT2D eigenvalue weighted by Gasteiger charge is -2.47. The van der Waals surface area contributed by atoms with Crippen molar-refractivity contribution in [2.45, 2.75) is 44.0 Å². The summed E-state index contributed by atoms with van der Waals surface area (Å²) in [7, 11) is 0. The number of fused-ring (bicyclic) bond motifs is 1. The maximum Gasteiger partial charge on any atom is 0.332 e. The van der Waals surface area contributed by atoms with Gasteiger partial charge in [0.2, 0.25) is 11.8 Å². The molecule has 0 radical (unpaired) electrons. The summed E-state index contributed by atoms with van der Waals surface area (Å²) in [5.74, 6) is -0.875. The Labute approximate surface area is 201 Å². The Hall–Kier alpha value is -2.38. The molecule has 0 aromatic heterocycles. The lowest BCUT2D eigenvalue weighted by molar-refractivity contribution is -0.128. The SMILES string of the molecule is Cc1ccc(NC(=O)CN2C(=O)N(c3ccc(Cl)cc3)C(=O)C3CC(Br)CCC32)cc1C. The van der Waals surface area contributed by atoms with Crippen LogP contribution in [0.4, 0.5) is 16.2 Å². The molecule has 4 amide bonds. The number of hydrogen-bond donors (Lipinski definition) is 1. The number of nitrogens with zero attached hydrogens (tertiary/aromatic N) is 2. The van der Waals surface area contributed by atoms with Crippen molar-refractivity contribution in [1.29, 1.82) is 0 Å². The molecule has 1 N–H and O–H groups in total. The molecule has 1 saturated carbocycles. The van der Waals surface area contributed by atoms with Gasteiger partial charge in [-0.25, -0.2) is 9.69 Å². The summed E-state index contributed by atoms with van der Waals surface area (Å²) < 4.78 is 0. The van der Waals surface area contributed by atoms with Crippen LogP contribution >= 0.6 is 27.5 Å². The monoisotopic (exact) mass is 517 g/mol. The van der Waals surface area contributed by atoms with Gasteiger partial charge in [0.1, 0.15) is 6.54 Å². The number of urea groups is 1. The van der Waals surface area contributed by atoms with Gasteiger partial charge in [-0.3, -0.25) is 9.59 Å². The smallest absolute Gasteiger partial charge is 0.325 e. The Kier molecular flexibility index (Phi) is 6.58. The molecule has 168 valence electrons. The van der Waals surface area contributed by atoms with Gasteiger partial charge >= 0.3 is 6.03 Å². The molecular formula is C24H25BrClN3O3. The fraction of sp³-hybridized carbons (Fsp3) is 0.375. The zero-order valence-electron chi connectivity index (χ0n) is 18.0. The largest absolute Gasteiger partial charge is 0.332 e. The number of amides is 4. The Morgan fingerprint density at radius 3 is 2.50 bits per heavy atom. The number of anilines is 2. The predicted octanol–water partition coefficient (Wildman–Crippen LogP) is 5.30. The van der Waals surface area contributed by atoms with E-state index in [0.29, 0.717) is 29.2 Å². The van der Waals surface area contributed by atoms with E-state index in [4.69, 9.17) is 11.6 Å². The van der Waals surface area contributed by atoms with E-state index in [9.17, 15) is 14.4 Å². The molecule has 2 aromatic carbocycles. The minimum atomic E-state index is -0.471. The van der Waals surface area contributed by atoms with Gasteiger partial charge in [-0.05, 0) is 80.6 Å². The Morgan fingerprint density at radius 1 is 1.09 bits per heavy atom. The van der Waals surface area contributed by atoms with E-state index in [2.05, 4.69) is 21.2 Å². The summed E-state index contributed by atoms with van der Waals surface area (Å²) >= 11 is 9.63. The van der Waals surface area contributed by atoms with Crippen LogP contribution in [0.2, 0.25) is 5.02 Å². The fourth-order valence-corrected chi connectivity index (χ4v) is 5.25. The van der Waals surface area contributed by atoms with Crippen LogP contribution in [-0.4, -0.2) is 40.2 Å². The topological polar surface area (TPSA) is 69.7 Å². The van der Waals surface area contributed by atoms with E-state index in [0.717, 1.165) is 17.5 Å². The minimum absolute atomic E-state index is 0.114. The van der Waals surface area contributed by atoms with E-state index in [1.54, 1.807) is 29.2 Å². The van der Waals surface area contributed by atoms with Gasteiger partial charge in [0.05, 0.1) is 11.6 Å². The van der Waals surface area contributed by atoms with E-state index in [-0.39, 0.29) is 35.1 Å². The molecular weight excluding hydrogens is 494 g/mol. The number of carbonyl (C=O) groups is 3. The molecule has 0 spiro atoms. The van der Waals surface area contributed by atoms with Crippen molar-refractivity contribution in [3.63, 3.8) is 0 Å². The summed E-state index contributed by atoms with van der Waals surface area (Å²) in [6.45, 7) is 3.88. The lowest BCUT2D eigenvalue weighted by atomic mass is 9.81. The first-order valence-electron chi connectivity index (χ1n) is 10.7. The zero-order chi connectivity index (χ0) is 23.0. The third-order valence-corrected chi connectivity index (χ3v) is 7.40. The van der Waals surface area contributed by atoms with E-state index < -0.39 is 6.03 Å². The molecule has 3 atom stereocenters. The molecule has 4 rings (SSSR count). The first-order valence-corrected chi connectivity index (χ1v) is 12.0. The Bertz CT molecular complexity index is 1060. The third-order valence-electron chi connectivity index (χ3n) is 6.31. The van der Waals surface area contributed by atoms with Crippen LogP contribution < -0.4 is 10.2 Å². The molecule has 32 heavy (non-hydrogen) atoms.